The highest BCUT2D eigenvalue weighted by Crippen LogP contribution is 2.51. The van der Waals surface area contributed by atoms with Gasteiger partial charge in [-0.3, -0.25) is 0 Å². The number of fused-ring (bicyclic) bond motifs is 1. The molecule has 0 aromatic rings. The van der Waals surface area contributed by atoms with Crippen molar-refractivity contribution in [3.8, 4) is 0 Å². The largest absolute Gasteiger partial charge is 0.390 e. The molecule has 2 aliphatic carbocycles. The summed E-state index contributed by atoms with van der Waals surface area (Å²) in [6.07, 6.45) is 10.2. The second-order valence-electron chi connectivity index (χ2n) is 8.42. The van der Waals surface area contributed by atoms with Crippen LogP contribution < -0.4 is 0 Å². The van der Waals surface area contributed by atoms with Gasteiger partial charge in [0.1, 0.15) is 0 Å². The molecule has 0 unspecified atom stereocenters. The van der Waals surface area contributed by atoms with E-state index in [0.29, 0.717) is 11.8 Å². The normalized spacial score (nSPS) is 37.8. The van der Waals surface area contributed by atoms with Gasteiger partial charge in [0.15, 0.2) is 0 Å². The van der Waals surface area contributed by atoms with Crippen LogP contribution in [0.25, 0.3) is 0 Å². The molecule has 2 N–H and O–H groups in total. The molecule has 0 heterocycles. The number of rotatable bonds is 4. The molecular formula is C20H34O2. The van der Waals surface area contributed by atoms with Crippen molar-refractivity contribution in [2.75, 3.05) is 0 Å². The maximum absolute atomic E-state index is 11.1. The third kappa shape index (κ3) is 3.83. The van der Waals surface area contributed by atoms with Crippen LogP contribution in [0.3, 0.4) is 0 Å². The molecule has 0 aromatic heterocycles. The van der Waals surface area contributed by atoms with Crippen LogP contribution in [-0.4, -0.2) is 21.4 Å². The lowest BCUT2D eigenvalue weighted by atomic mass is 9.57. The summed E-state index contributed by atoms with van der Waals surface area (Å²) in [5, 5.41) is 21.9. The summed E-state index contributed by atoms with van der Waals surface area (Å²) in [7, 11) is 0. The van der Waals surface area contributed by atoms with Gasteiger partial charge in [0, 0.05) is 0 Å². The van der Waals surface area contributed by atoms with Gasteiger partial charge in [-0.2, -0.15) is 0 Å². The van der Waals surface area contributed by atoms with Crippen molar-refractivity contribution >= 4 is 0 Å². The summed E-state index contributed by atoms with van der Waals surface area (Å²) in [5.74, 6) is 0.877. The highest BCUT2D eigenvalue weighted by molar-refractivity contribution is 5.15. The highest BCUT2D eigenvalue weighted by Gasteiger charge is 2.50. The molecule has 5 atom stereocenters. The van der Waals surface area contributed by atoms with Crippen LogP contribution in [0.2, 0.25) is 0 Å². The van der Waals surface area contributed by atoms with E-state index in [4.69, 9.17) is 0 Å². The molecule has 22 heavy (non-hydrogen) atoms. The molecule has 0 spiro atoms. The zero-order chi connectivity index (χ0) is 16.5. The summed E-state index contributed by atoms with van der Waals surface area (Å²) in [4.78, 5) is 0. The van der Waals surface area contributed by atoms with E-state index in [2.05, 4.69) is 32.9 Å². The Morgan fingerprint density at radius 2 is 2.09 bits per heavy atom. The highest BCUT2D eigenvalue weighted by atomic mass is 16.3. The van der Waals surface area contributed by atoms with Crippen LogP contribution in [0.1, 0.15) is 73.1 Å². The Morgan fingerprint density at radius 1 is 1.41 bits per heavy atom. The Kier molecular flexibility index (Phi) is 5.23. The van der Waals surface area contributed by atoms with Crippen molar-refractivity contribution < 1.29 is 10.2 Å². The molecule has 0 radical (unpaired) electrons. The van der Waals surface area contributed by atoms with Gasteiger partial charge >= 0.3 is 0 Å². The fourth-order valence-electron chi connectivity index (χ4n) is 4.62. The predicted octanol–water partition coefficient (Wildman–Crippen LogP) is 4.62. The van der Waals surface area contributed by atoms with Crippen molar-refractivity contribution in [3.63, 3.8) is 0 Å². The van der Waals surface area contributed by atoms with Crippen LogP contribution in [0.15, 0.2) is 23.3 Å². The number of hydrogen-bond acceptors (Lipinski definition) is 2. The van der Waals surface area contributed by atoms with Gasteiger partial charge in [0.05, 0.1) is 11.2 Å². The summed E-state index contributed by atoms with van der Waals surface area (Å²) in [6, 6.07) is 0. The smallest absolute Gasteiger partial charge is 0.0656 e. The average molecular weight is 306 g/mol. The first kappa shape index (κ1) is 17.7. The summed E-state index contributed by atoms with van der Waals surface area (Å²) < 4.78 is 0. The lowest BCUT2D eigenvalue weighted by molar-refractivity contribution is -0.124. The molecule has 2 aliphatic rings. The van der Waals surface area contributed by atoms with E-state index >= 15 is 0 Å². The van der Waals surface area contributed by atoms with Crippen LogP contribution in [0.4, 0.5) is 0 Å². The summed E-state index contributed by atoms with van der Waals surface area (Å²) >= 11 is 0. The van der Waals surface area contributed by atoms with E-state index in [0.717, 1.165) is 38.5 Å². The Balaban J connectivity index is 2.18. The predicted molar refractivity (Wildman–Crippen MR) is 92.6 cm³/mol. The quantitative estimate of drug-likeness (QED) is 0.744. The van der Waals surface area contributed by atoms with Crippen LogP contribution in [0.5, 0.6) is 0 Å². The lowest BCUT2D eigenvalue weighted by Crippen LogP contribution is -2.52. The Labute approximate surface area is 136 Å². The van der Waals surface area contributed by atoms with Crippen LogP contribution in [0, 0.1) is 17.8 Å². The second-order valence-corrected chi connectivity index (χ2v) is 8.42. The Hall–Kier alpha value is -0.600. The molecule has 2 heteroatoms. The molecule has 0 bridgehead atoms. The maximum atomic E-state index is 11.1. The maximum Gasteiger partial charge on any atom is 0.0656 e. The van der Waals surface area contributed by atoms with E-state index in [9.17, 15) is 10.2 Å². The van der Waals surface area contributed by atoms with Gasteiger partial charge in [0.25, 0.3) is 0 Å². The zero-order valence-electron chi connectivity index (χ0n) is 15.0. The Bertz CT molecular complexity index is 452. The van der Waals surface area contributed by atoms with E-state index in [1.54, 1.807) is 0 Å². The van der Waals surface area contributed by atoms with Gasteiger partial charge in [-0.25, -0.2) is 0 Å². The van der Waals surface area contributed by atoms with Crippen molar-refractivity contribution in [2.24, 2.45) is 17.8 Å². The second kappa shape index (κ2) is 6.49. The molecule has 2 rings (SSSR count). The topological polar surface area (TPSA) is 40.5 Å². The van der Waals surface area contributed by atoms with Crippen LogP contribution in [-0.2, 0) is 0 Å². The van der Waals surface area contributed by atoms with Crippen LogP contribution >= 0.6 is 0 Å². The number of hydrogen-bond donors (Lipinski definition) is 2. The molecule has 0 amide bonds. The van der Waals surface area contributed by atoms with Crippen molar-refractivity contribution in [3.05, 3.63) is 23.3 Å². The Morgan fingerprint density at radius 3 is 2.73 bits per heavy atom. The van der Waals surface area contributed by atoms with Gasteiger partial charge in [-0.15, -0.1) is 0 Å². The first-order valence-corrected chi connectivity index (χ1v) is 8.89. The third-order valence-electron chi connectivity index (χ3n) is 6.02. The van der Waals surface area contributed by atoms with Gasteiger partial charge in [-0.1, -0.05) is 23.3 Å². The van der Waals surface area contributed by atoms with Gasteiger partial charge in [-0.05, 0) is 90.9 Å². The molecule has 0 saturated heterocycles. The van der Waals surface area contributed by atoms with Crippen molar-refractivity contribution in [1.29, 1.82) is 0 Å². The monoisotopic (exact) mass is 306 g/mol. The van der Waals surface area contributed by atoms with Gasteiger partial charge in [0.2, 0.25) is 0 Å². The average Bonchev–Trinajstić information content (AvgIpc) is 2.36. The summed E-state index contributed by atoms with van der Waals surface area (Å²) in [6.45, 7) is 10.4. The first-order chi connectivity index (χ1) is 10.1. The molecule has 0 aliphatic heterocycles. The standard InChI is InChI=1S/C20H34O2/c1-14(2)7-6-11-19(4,21)18-10-12-20(5,22)17-9-8-15(3)13-16(17)18/h7,13,16-18,21-22H,6,8-12H2,1-5H3/t16-,17-,18-,19+,20+/m0/s1. The van der Waals surface area contributed by atoms with E-state index in [1.165, 1.54) is 11.1 Å². The van der Waals surface area contributed by atoms with E-state index in [1.807, 2.05) is 13.8 Å². The molecule has 1 fully saturated rings. The SMILES string of the molecule is CC(C)=CCC[C@@](C)(O)[C@H]1CC[C@@](C)(O)[C@H]2CCC(C)=C[C@H]12. The zero-order valence-corrected chi connectivity index (χ0v) is 15.0. The lowest BCUT2D eigenvalue weighted by Gasteiger charge is -2.52. The van der Waals surface area contributed by atoms with E-state index < -0.39 is 11.2 Å². The third-order valence-corrected chi connectivity index (χ3v) is 6.02. The van der Waals surface area contributed by atoms with E-state index in [-0.39, 0.29) is 5.92 Å². The molecule has 1 saturated carbocycles. The van der Waals surface area contributed by atoms with Gasteiger partial charge < -0.3 is 10.2 Å². The minimum Gasteiger partial charge on any atom is -0.390 e. The fraction of sp³-hybridized carbons (Fsp3) is 0.800. The van der Waals surface area contributed by atoms with Crippen molar-refractivity contribution in [2.45, 2.75) is 84.3 Å². The molecular weight excluding hydrogens is 272 g/mol. The minimum absolute atomic E-state index is 0.263. The number of allylic oxidation sites excluding steroid dienone is 4. The number of aliphatic hydroxyl groups is 2. The molecule has 2 nitrogen and oxygen atoms in total. The first-order valence-electron chi connectivity index (χ1n) is 8.89. The minimum atomic E-state index is -0.653. The molecule has 126 valence electrons. The fourth-order valence-corrected chi connectivity index (χ4v) is 4.62. The summed E-state index contributed by atoms with van der Waals surface area (Å²) in [5.41, 5.74) is 1.51. The van der Waals surface area contributed by atoms with Crippen molar-refractivity contribution in [1.82, 2.24) is 0 Å². The molecule has 0 aromatic carbocycles.